The van der Waals surface area contributed by atoms with Crippen molar-refractivity contribution in [1.29, 1.82) is 0 Å². The SMILES string of the molecule is CC1(C)CCCC[C@@H]1NN. The molecule has 1 saturated carbocycles. The molecule has 2 nitrogen and oxygen atoms in total. The maximum Gasteiger partial charge on any atom is 0.0261 e. The summed E-state index contributed by atoms with van der Waals surface area (Å²) < 4.78 is 0. The Morgan fingerprint density at radius 1 is 1.40 bits per heavy atom. The lowest BCUT2D eigenvalue weighted by molar-refractivity contribution is 0.169. The minimum Gasteiger partial charge on any atom is -0.271 e. The fourth-order valence-corrected chi connectivity index (χ4v) is 1.80. The molecule has 0 spiro atoms. The zero-order valence-corrected chi connectivity index (χ0v) is 6.98. The largest absolute Gasteiger partial charge is 0.271 e. The van der Waals surface area contributed by atoms with Crippen LogP contribution in [0.2, 0.25) is 0 Å². The van der Waals surface area contributed by atoms with Gasteiger partial charge >= 0.3 is 0 Å². The van der Waals surface area contributed by atoms with Gasteiger partial charge in [0.05, 0.1) is 0 Å². The van der Waals surface area contributed by atoms with Crippen molar-refractivity contribution in [3.63, 3.8) is 0 Å². The molecular formula is C8H18N2. The lowest BCUT2D eigenvalue weighted by atomic mass is 9.74. The molecule has 1 aliphatic rings. The third-order valence-electron chi connectivity index (χ3n) is 2.71. The highest BCUT2D eigenvalue weighted by Gasteiger charge is 2.30. The van der Waals surface area contributed by atoms with E-state index >= 15 is 0 Å². The Bertz CT molecular complexity index is 110. The number of hydrazine groups is 1. The molecule has 1 atom stereocenters. The molecule has 1 rings (SSSR count). The highest BCUT2D eigenvalue weighted by atomic mass is 15.2. The molecule has 0 radical (unpaired) electrons. The van der Waals surface area contributed by atoms with Gasteiger partial charge in [-0.15, -0.1) is 0 Å². The minimum atomic E-state index is 0.410. The van der Waals surface area contributed by atoms with E-state index in [2.05, 4.69) is 19.3 Å². The van der Waals surface area contributed by atoms with E-state index in [1.165, 1.54) is 25.7 Å². The van der Waals surface area contributed by atoms with Crippen LogP contribution in [0, 0.1) is 5.41 Å². The van der Waals surface area contributed by atoms with Gasteiger partial charge in [0.1, 0.15) is 0 Å². The van der Waals surface area contributed by atoms with Crippen LogP contribution in [0.15, 0.2) is 0 Å². The Kier molecular flexibility index (Phi) is 2.32. The van der Waals surface area contributed by atoms with Crippen molar-refractivity contribution < 1.29 is 0 Å². The first-order valence-electron chi connectivity index (χ1n) is 4.13. The van der Waals surface area contributed by atoms with Gasteiger partial charge < -0.3 is 0 Å². The van der Waals surface area contributed by atoms with E-state index in [1.807, 2.05) is 0 Å². The molecule has 1 aliphatic carbocycles. The molecule has 0 aliphatic heterocycles. The van der Waals surface area contributed by atoms with Crippen LogP contribution >= 0.6 is 0 Å². The third kappa shape index (κ3) is 1.50. The van der Waals surface area contributed by atoms with Gasteiger partial charge in [-0.05, 0) is 18.3 Å². The summed E-state index contributed by atoms with van der Waals surface area (Å²) in [6.45, 7) is 4.58. The second kappa shape index (κ2) is 2.89. The fraction of sp³-hybridized carbons (Fsp3) is 1.00. The predicted octanol–water partition coefficient (Wildman–Crippen LogP) is 1.42. The Morgan fingerprint density at radius 3 is 2.50 bits per heavy atom. The number of nitrogens with two attached hydrogens (primary N) is 1. The summed E-state index contributed by atoms with van der Waals surface area (Å²) >= 11 is 0. The normalized spacial score (nSPS) is 32.1. The maximum absolute atomic E-state index is 5.43. The van der Waals surface area contributed by atoms with Crippen LogP contribution in [0.25, 0.3) is 0 Å². The van der Waals surface area contributed by atoms with Crippen molar-refractivity contribution in [2.75, 3.05) is 0 Å². The first-order valence-corrected chi connectivity index (χ1v) is 4.13. The van der Waals surface area contributed by atoms with Gasteiger partial charge in [-0.25, -0.2) is 0 Å². The predicted molar refractivity (Wildman–Crippen MR) is 43.4 cm³/mol. The minimum absolute atomic E-state index is 0.410. The Labute approximate surface area is 63.1 Å². The van der Waals surface area contributed by atoms with Crippen molar-refractivity contribution in [1.82, 2.24) is 5.43 Å². The summed E-state index contributed by atoms with van der Waals surface area (Å²) in [6.07, 6.45) is 5.24. The van der Waals surface area contributed by atoms with Gasteiger partial charge in [0.25, 0.3) is 0 Å². The molecule has 1 fully saturated rings. The molecule has 60 valence electrons. The van der Waals surface area contributed by atoms with Crippen molar-refractivity contribution >= 4 is 0 Å². The van der Waals surface area contributed by atoms with Crippen molar-refractivity contribution in [3.8, 4) is 0 Å². The van der Waals surface area contributed by atoms with Gasteiger partial charge in [0.2, 0.25) is 0 Å². The topological polar surface area (TPSA) is 38.0 Å². The Hall–Kier alpha value is -0.0800. The molecule has 3 N–H and O–H groups in total. The van der Waals surface area contributed by atoms with E-state index in [0.29, 0.717) is 11.5 Å². The summed E-state index contributed by atoms with van der Waals surface area (Å²) in [5.41, 5.74) is 3.30. The molecule has 10 heavy (non-hydrogen) atoms. The lowest BCUT2D eigenvalue weighted by Crippen LogP contribution is -2.47. The molecule has 0 amide bonds. The molecule has 0 aromatic carbocycles. The summed E-state index contributed by atoms with van der Waals surface area (Å²) in [4.78, 5) is 0. The van der Waals surface area contributed by atoms with Crippen LogP contribution in [0.4, 0.5) is 0 Å². The highest BCUT2D eigenvalue weighted by molar-refractivity contribution is 4.86. The van der Waals surface area contributed by atoms with Crippen LogP contribution < -0.4 is 11.3 Å². The summed E-state index contributed by atoms with van der Waals surface area (Å²) in [6, 6.07) is 0.529. The first kappa shape index (κ1) is 8.02. The fourth-order valence-electron chi connectivity index (χ4n) is 1.80. The second-order valence-electron chi connectivity index (χ2n) is 3.95. The standard InChI is InChI=1S/C8H18N2/c1-8(2)6-4-3-5-7(8)10-9/h7,10H,3-6,9H2,1-2H3/t7-/m0/s1. The zero-order chi connectivity index (χ0) is 7.61. The molecule has 0 unspecified atom stereocenters. The van der Waals surface area contributed by atoms with Crippen molar-refractivity contribution in [2.24, 2.45) is 11.3 Å². The van der Waals surface area contributed by atoms with Gasteiger partial charge in [0.15, 0.2) is 0 Å². The Balaban J connectivity index is 2.51. The van der Waals surface area contributed by atoms with E-state index in [-0.39, 0.29) is 0 Å². The Morgan fingerprint density at radius 2 is 2.10 bits per heavy atom. The van der Waals surface area contributed by atoms with Gasteiger partial charge in [-0.1, -0.05) is 26.7 Å². The average Bonchev–Trinajstić information content (AvgIpc) is 1.87. The van der Waals surface area contributed by atoms with Crippen LogP contribution in [-0.2, 0) is 0 Å². The van der Waals surface area contributed by atoms with Crippen LogP contribution in [0.1, 0.15) is 39.5 Å². The van der Waals surface area contributed by atoms with E-state index in [0.717, 1.165) is 0 Å². The number of rotatable bonds is 1. The molecule has 0 aromatic heterocycles. The van der Waals surface area contributed by atoms with E-state index in [9.17, 15) is 0 Å². The molecule has 0 bridgehead atoms. The van der Waals surface area contributed by atoms with E-state index in [1.54, 1.807) is 0 Å². The quantitative estimate of drug-likeness (QED) is 0.429. The number of hydrogen-bond acceptors (Lipinski definition) is 2. The lowest BCUT2D eigenvalue weighted by Gasteiger charge is -2.37. The highest BCUT2D eigenvalue weighted by Crippen LogP contribution is 2.34. The van der Waals surface area contributed by atoms with E-state index < -0.39 is 0 Å². The van der Waals surface area contributed by atoms with Crippen LogP contribution in [-0.4, -0.2) is 6.04 Å². The average molecular weight is 142 g/mol. The molecule has 2 heteroatoms. The monoisotopic (exact) mass is 142 g/mol. The van der Waals surface area contributed by atoms with Gasteiger partial charge in [-0.3, -0.25) is 11.3 Å². The van der Waals surface area contributed by atoms with E-state index in [4.69, 9.17) is 5.84 Å². The number of nitrogens with one attached hydrogen (secondary N) is 1. The molecule has 0 heterocycles. The van der Waals surface area contributed by atoms with Crippen LogP contribution in [0.5, 0.6) is 0 Å². The van der Waals surface area contributed by atoms with Crippen molar-refractivity contribution in [3.05, 3.63) is 0 Å². The molecule has 0 aromatic rings. The van der Waals surface area contributed by atoms with Gasteiger partial charge in [0, 0.05) is 6.04 Å². The summed E-state index contributed by atoms with van der Waals surface area (Å²) in [7, 11) is 0. The maximum atomic E-state index is 5.43. The summed E-state index contributed by atoms with van der Waals surface area (Å²) in [5.74, 6) is 5.43. The first-order chi connectivity index (χ1) is 4.67. The van der Waals surface area contributed by atoms with Gasteiger partial charge in [-0.2, -0.15) is 0 Å². The smallest absolute Gasteiger partial charge is 0.0261 e. The number of hydrogen-bond donors (Lipinski definition) is 2. The van der Waals surface area contributed by atoms with Crippen molar-refractivity contribution in [2.45, 2.75) is 45.6 Å². The molecule has 0 saturated heterocycles. The molecular weight excluding hydrogens is 124 g/mol. The zero-order valence-electron chi connectivity index (χ0n) is 6.98. The second-order valence-corrected chi connectivity index (χ2v) is 3.95. The third-order valence-corrected chi connectivity index (χ3v) is 2.71. The van der Waals surface area contributed by atoms with Crippen LogP contribution in [0.3, 0.4) is 0 Å². The summed E-state index contributed by atoms with van der Waals surface area (Å²) in [5, 5.41) is 0.